The normalized spacial score (nSPS) is 38.5. The summed E-state index contributed by atoms with van der Waals surface area (Å²) in [6, 6.07) is 35.7. The van der Waals surface area contributed by atoms with E-state index in [-0.39, 0.29) is 86.7 Å². The minimum Gasteiger partial charge on any atom is -0.566 e. The first kappa shape index (κ1) is 81.4. The van der Waals surface area contributed by atoms with Crippen LogP contribution in [0.1, 0.15) is 146 Å². The standard InChI is InChI=1S/C78H106O24P2/c1-15-58-42(3)47(8)66(101-76-67(98-72(80)56-33-25-19-26-34-56)50(11)45(6)62(95-76)40-89-103(82)83)75(92-58)87-38-60-44(5)49(10)65(97-71(79)55-31-23-18-24-32-55)74(94-60)88-39-61-52(13)64(70(53(14)91-61)86-37-54-29-21-17-22-30-54)100-78-69(48(9)43(4)59(16-2)93-78)102-77-68(99-73(81)57-35-27-20-28-36-57)51(12)46(7)63(96-77)41-90-104(84)85/h17-36,42-53,58-70,74-78H,15-16,37-41H2,1-14H3/t42-,43-,44-,45-,46-,47-,48-,49-,50-,51-,52+,53-,58?,59?,60?,61?,62?,63?,64-,65?,66?,67?,68?,69?,70?,74-,75-,76+,77+,78+/m0/s1. The van der Waals surface area contributed by atoms with Gasteiger partial charge in [-0.05, 0) is 112 Å². The fraction of sp³-hybridized carbons (Fsp3) is 0.654. The van der Waals surface area contributed by atoms with Crippen LogP contribution >= 0.6 is 16.5 Å². The molecule has 0 amide bonds. The Balaban J connectivity index is 0.925. The third kappa shape index (κ3) is 19.8. The van der Waals surface area contributed by atoms with Crippen molar-refractivity contribution >= 4 is 34.4 Å². The largest absolute Gasteiger partial charge is 0.566 e. The summed E-state index contributed by atoms with van der Waals surface area (Å²) in [7, 11) is -6.41. The third-order valence-electron chi connectivity index (χ3n) is 23.1. The Morgan fingerprint density at radius 1 is 0.337 bits per heavy atom. The Morgan fingerprint density at radius 3 is 1.04 bits per heavy atom. The topological polar surface area (TPSA) is 288 Å². The molecule has 10 rings (SSSR count). The Morgan fingerprint density at radius 2 is 0.635 bits per heavy atom. The molecule has 14 unspecified atom stereocenters. The predicted molar refractivity (Wildman–Crippen MR) is 375 cm³/mol. The van der Waals surface area contributed by atoms with Gasteiger partial charge < -0.3 is 80.8 Å². The highest BCUT2D eigenvalue weighted by atomic mass is 31.1. The first-order valence-corrected chi connectivity index (χ1v) is 39.1. The molecule has 0 aromatic heterocycles. The third-order valence-corrected chi connectivity index (χ3v) is 23.8. The molecule has 104 heavy (non-hydrogen) atoms. The molecule has 6 saturated heterocycles. The van der Waals surface area contributed by atoms with Crippen molar-refractivity contribution in [3.8, 4) is 0 Å². The summed E-state index contributed by atoms with van der Waals surface area (Å²) in [4.78, 5) is 65.6. The van der Waals surface area contributed by atoms with E-state index in [1.165, 1.54) is 0 Å². The van der Waals surface area contributed by atoms with Gasteiger partial charge in [-0.25, -0.2) is 14.4 Å². The Hall–Kier alpha value is -5.15. The van der Waals surface area contributed by atoms with Crippen LogP contribution in [0.25, 0.3) is 0 Å². The lowest BCUT2D eigenvalue weighted by Crippen LogP contribution is -2.62. The van der Waals surface area contributed by atoms with Crippen LogP contribution in [0.4, 0.5) is 0 Å². The van der Waals surface area contributed by atoms with Gasteiger partial charge in [0.1, 0.15) is 31.5 Å². The second kappa shape index (κ2) is 37.8. The molecule has 0 aliphatic carbocycles. The van der Waals surface area contributed by atoms with E-state index in [4.69, 9.17) is 80.1 Å². The number of esters is 3. The number of carbonyl (C=O) groups excluding carboxylic acids is 3. The molecule has 32 atom stereocenters. The molecule has 26 heteroatoms. The number of rotatable bonds is 29. The molecule has 4 aromatic carbocycles. The van der Waals surface area contributed by atoms with E-state index >= 15 is 0 Å². The van der Waals surface area contributed by atoms with Crippen molar-refractivity contribution in [2.24, 2.45) is 65.1 Å². The molecular formula is C78H106O24P2. The number of ether oxygens (including phenoxy) is 15. The fourth-order valence-electron chi connectivity index (χ4n) is 15.3. The zero-order valence-corrected chi connectivity index (χ0v) is 63.8. The lowest BCUT2D eigenvalue weighted by Gasteiger charge is -2.51. The predicted octanol–water partition coefficient (Wildman–Crippen LogP) is 11.7. The average Bonchev–Trinajstić information content (AvgIpc) is 0.775. The van der Waals surface area contributed by atoms with E-state index in [9.17, 15) is 33.3 Å². The van der Waals surface area contributed by atoms with Crippen molar-refractivity contribution in [3.63, 3.8) is 0 Å². The van der Waals surface area contributed by atoms with Crippen LogP contribution in [0.5, 0.6) is 0 Å². The molecule has 24 nitrogen and oxygen atoms in total. The van der Waals surface area contributed by atoms with Crippen molar-refractivity contribution in [3.05, 3.63) is 144 Å². The maximum atomic E-state index is 14.2. The smallest absolute Gasteiger partial charge is 0.488 e. The van der Waals surface area contributed by atoms with Crippen LogP contribution in [0.3, 0.4) is 0 Å². The second-order valence-corrected chi connectivity index (χ2v) is 30.7. The molecule has 6 fully saturated rings. The highest BCUT2D eigenvalue weighted by Crippen LogP contribution is 2.45. The molecule has 6 heterocycles. The van der Waals surface area contributed by atoms with Crippen LogP contribution in [-0.4, -0.2) is 161 Å². The summed E-state index contributed by atoms with van der Waals surface area (Å²) in [6.45, 7) is 27.3. The van der Waals surface area contributed by atoms with Gasteiger partial charge in [0.25, 0.3) is 0 Å². The maximum absolute atomic E-state index is 14.2. The summed E-state index contributed by atoms with van der Waals surface area (Å²) >= 11 is 0. The Kier molecular flexibility index (Phi) is 29.6. The van der Waals surface area contributed by atoms with Gasteiger partial charge in [0.15, 0.2) is 49.8 Å². The maximum Gasteiger partial charge on any atom is 0.488 e. The van der Waals surface area contributed by atoms with Gasteiger partial charge in [0.05, 0.1) is 85.3 Å². The molecule has 0 saturated carbocycles. The van der Waals surface area contributed by atoms with E-state index in [0.717, 1.165) is 5.56 Å². The molecule has 0 N–H and O–H groups in total. The Bertz CT molecular complexity index is 3370. The van der Waals surface area contributed by atoms with Gasteiger partial charge in [0, 0.05) is 23.7 Å². The van der Waals surface area contributed by atoms with Crippen LogP contribution in [0, 0.1) is 65.1 Å². The minimum absolute atomic E-state index is 0.0494. The zero-order chi connectivity index (χ0) is 74.6. The van der Waals surface area contributed by atoms with Gasteiger partial charge in [-0.3, -0.25) is 0 Å². The highest BCUT2D eigenvalue weighted by Gasteiger charge is 2.55. The number of benzene rings is 4. The summed E-state index contributed by atoms with van der Waals surface area (Å²) < 4.78 is 136. The van der Waals surface area contributed by atoms with Crippen molar-refractivity contribution in [1.29, 1.82) is 0 Å². The number of hydrogen-bond donors (Lipinski definition) is 0. The molecular weight excluding hydrogens is 1380 g/mol. The highest BCUT2D eigenvalue weighted by molar-refractivity contribution is 7.30. The van der Waals surface area contributed by atoms with Crippen molar-refractivity contribution in [2.75, 3.05) is 26.4 Å². The molecule has 0 bridgehead atoms. The minimum atomic E-state index is -3.21. The van der Waals surface area contributed by atoms with Gasteiger partial charge in [0.2, 0.25) is 0 Å². The fourth-order valence-corrected chi connectivity index (χ4v) is 15.9. The average molecular weight is 1490 g/mol. The molecule has 0 spiro atoms. The molecule has 0 radical (unpaired) electrons. The van der Waals surface area contributed by atoms with E-state index in [1.54, 1.807) is 84.9 Å². The quantitative estimate of drug-likeness (QED) is 0.0277. The van der Waals surface area contributed by atoms with Crippen molar-refractivity contribution in [1.82, 2.24) is 0 Å². The summed E-state index contributed by atoms with van der Waals surface area (Å²) in [5.74, 6) is -5.08. The Labute approximate surface area is 613 Å². The SMILES string of the molecule is CCC1O[C@H](O[C@@H]2C(OCc3ccccc3)[C@H](C)OC(CO[C@H]3OC(CO[C@H]4OC(CC)[C@@H](C)[C@H](C)C4O[C@H]4OC(CO[P+](=O)[O-])[C@@H](C)[C@H](C)C4OC(=O)c4ccccc4)[C@@H](C)[C@H](C)C3OC(=O)c3ccccc3)[C@H]2C)C(O[C@H]2OC(CO[P+](=O)[O-])[C@@H](C)[C@H](C)C2OC(=O)c2ccccc2)[C@@H](C)[C@@H]1C. The second-order valence-electron chi connectivity index (χ2n) is 29.3. The summed E-state index contributed by atoms with van der Waals surface area (Å²) in [6.07, 6.45) is -14.7. The van der Waals surface area contributed by atoms with Gasteiger partial charge >= 0.3 is 34.4 Å². The lowest BCUT2D eigenvalue weighted by molar-refractivity contribution is -0.365. The molecule has 572 valence electrons. The molecule has 6 aliphatic heterocycles. The van der Waals surface area contributed by atoms with E-state index in [2.05, 4.69) is 20.8 Å². The van der Waals surface area contributed by atoms with Gasteiger partial charge in [-0.1, -0.05) is 175 Å². The summed E-state index contributed by atoms with van der Waals surface area (Å²) in [5.41, 5.74) is 1.92. The first-order chi connectivity index (χ1) is 49.8. The van der Waals surface area contributed by atoms with E-state index in [1.807, 2.05) is 113 Å². The number of hydrogen-bond acceptors (Lipinski definition) is 24. The monoisotopic (exact) mass is 1490 g/mol. The molecule has 4 aromatic rings. The number of carbonyl (C=O) groups is 3. The van der Waals surface area contributed by atoms with Crippen molar-refractivity contribution < 1.29 is 113 Å². The van der Waals surface area contributed by atoms with Crippen molar-refractivity contribution in [2.45, 2.75) is 233 Å². The molecule has 6 aliphatic rings. The zero-order valence-electron chi connectivity index (χ0n) is 62.0. The van der Waals surface area contributed by atoms with Crippen LogP contribution in [-0.2, 0) is 95.8 Å². The first-order valence-electron chi connectivity index (χ1n) is 37.0. The lowest BCUT2D eigenvalue weighted by atomic mass is 9.81. The van der Waals surface area contributed by atoms with Gasteiger partial charge in [-0.15, -0.1) is 9.05 Å². The van der Waals surface area contributed by atoms with E-state index in [0.29, 0.717) is 29.5 Å². The van der Waals surface area contributed by atoms with Crippen LogP contribution < -0.4 is 9.79 Å². The van der Waals surface area contributed by atoms with Crippen LogP contribution in [0.2, 0.25) is 0 Å². The van der Waals surface area contributed by atoms with Gasteiger partial charge in [-0.2, -0.15) is 0 Å². The summed E-state index contributed by atoms with van der Waals surface area (Å²) in [5, 5.41) is 0. The van der Waals surface area contributed by atoms with E-state index < -0.39 is 163 Å². The van der Waals surface area contributed by atoms with Crippen LogP contribution in [0.15, 0.2) is 121 Å².